The number of Topliss-reactive ketones (excluding diaryl/α,β-unsaturated/α-hetero) is 1. The lowest BCUT2D eigenvalue weighted by molar-refractivity contribution is -0.142. The van der Waals surface area contributed by atoms with E-state index >= 15 is 0 Å². The van der Waals surface area contributed by atoms with Gasteiger partial charge in [0, 0.05) is 24.2 Å². The first-order chi connectivity index (χ1) is 12.2. The number of halogens is 3. The van der Waals surface area contributed by atoms with E-state index < -0.39 is 34.8 Å². The Morgan fingerprint density at radius 2 is 2.12 bits per heavy atom. The van der Waals surface area contributed by atoms with Gasteiger partial charge in [-0.2, -0.15) is 0 Å². The smallest absolute Gasteiger partial charge is 0.308 e. The lowest BCUT2D eigenvalue weighted by Crippen LogP contribution is -2.33. The molecule has 2 rings (SSSR count). The third-order valence-corrected chi connectivity index (χ3v) is 4.51. The van der Waals surface area contributed by atoms with Crippen LogP contribution in [0.2, 0.25) is 5.02 Å². The minimum absolute atomic E-state index is 0.135. The number of hydrogen-bond donors (Lipinski definition) is 1. The molecule has 1 unspecified atom stereocenters. The first kappa shape index (κ1) is 20.4. The number of amides is 1. The largest absolute Gasteiger partial charge is 0.456 e. The van der Waals surface area contributed by atoms with Gasteiger partial charge < -0.3 is 9.47 Å². The van der Waals surface area contributed by atoms with Crippen LogP contribution in [0.3, 0.4) is 0 Å². The van der Waals surface area contributed by atoms with Crippen molar-refractivity contribution in [3.63, 3.8) is 0 Å². The Labute approximate surface area is 162 Å². The van der Waals surface area contributed by atoms with Crippen LogP contribution < -0.4 is 5.32 Å². The van der Waals surface area contributed by atoms with Gasteiger partial charge in [0.15, 0.2) is 0 Å². The number of ether oxygens (including phenoxy) is 2. The third kappa shape index (κ3) is 4.07. The molecule has 0 saturated carbocycles. The zero-order chi connectivity index (χ0) is 19.5. The van der Waals surface area contributed by atoms with E-state index in [0.717, 1.165) is 6.92 Å². The van der Waals surface area contributed by atoms with Crippen molar-refractivity contribution < 1.29 is 28.2 Å². The zero-order valence-corrected chi connectivity index (χ0v) is 16.4. The van der Waals surface area contributed by atoms with Gasteiger partial charge in [-0.1, -0.05) is 39.7 Å². The molecule has 1 aliphatic heterocycles. The molecule has 0 saturated heterocycles. The van der Waals surface area contributed by atoms with Gasteiger partial charge in [-0.15, -0.1) is 0 Å². The van der Waals surface area contributed by atoms with Gasteiger partial charge in [0.1, 0.15) is 5.82 Å². The summed E-state index contributed by atoms with van der Waals surface area (Å²) in [7, 11) is 0. The molecule has 0 radical (unpaired) electrons. The second kappa shape index (κ2) is 8.18. The monoisotopic (exact) mass is 447 g/mol. The molecule has 1 aromatic rings. The summed E-state index contributed by atoms with van der Waals surface area (Å²) in [6, 6.07) is 4.12. The highest BCUT2D eigenvalue weighted by atomic mass is 79.9. The van der Waals surface area contributed by atoms with Crippen molar-refractivity contribution in [1.82, 2.24) is 5.32 Å². The van der Waals surface area contributed by atoms with Crippen molar-refractivity contribution in [2.45, 2.75) is 32.3 Å². The fraction of sp³-hybridized carbons (Fsp3) is 0.353. The number of benzene rings is 1. The molecule has 1 atom stereocenters. The minimum Gasteiger partial charge on any atom is -0.456 e. The molecule has 1 amide bonds. The number of esters is 1. The van der Waals surface area contributed by atoms with E-state index in [-0.39, 0.29) is 22.9 Å². The molecule has 0 bridgehead atoms. The molecular weight excluding hydrogens is 433 g/mol. The minimum atomic E-state index is -1.84. The van der Waals surface area contributed by atoms with Gasteiger partial charge >= 0.3 is 5.97 Å². The van der Waals surface area contributed by atoms with Gasteiger partial charge in [-0.3, -0.25) is 19.7 Å². The second-order valence-electron chi connectivity index (χ2n) is 5.66. The number of ketones is 1. The standard InChI is InChI=1S/C17H16BrClFNO5/c1-9(22)25-14-15(24)17(2,10-5-3-6-11(19)13(10)20)26-16(14)21-12(23)7-4-8-18/h3,5-6H,4,7-8H2,1-2H3,(H,21,23). The zero-order valence-electron chi connectivity index (χ0n) is 14.0. The molecule has 6 nitrogen and oxygen atoms in total. The highest BCUT2D eigenvalue weighted by Gasteiger charge is 2.51. The quantitative estimate of drug-likeness (QED) is 0.533. The lowest BCUT2D eigenvalue weighted by atomic mass is 9.91. The number of carbonyl (C=O) groups is 3. The maximum Gasteiger partial charge on any atom is 0.308 e. The van der Waals surface area contributed by atoms with Crippen molar-refractivity contribution in [2.75, 3.05) is 5.33 Å². The lowest BCUT2D eigenvalue weighted by Gasteiger charge is -2.24. The second-order valence-corrected chi connectivity index (χ2v) is 6.86. The van der Waals surface area contributed by atoms with Crippen LogP contribution in [0.5, 0.6) is 0 Å². The number of hydrogen-bond acceptors (Lipinski definition) is 5. The van der Waals surface area contributed by atoms with Crippen LogP contribution in [0.4, 0.5) is 4.39 Å². The molecule has 0 spiro atoms. The molecule has 0 fully saturated rings. The Bertz CT molecular complexity index is 797. The molecule has 0 aromatic heterocycles. The van der Waals surface area contributed by atoms with Crippen LogP contribution in [0.15, 0.2) is 29.8 Å². The normalized spacial score (nSPS) is 19.3. The predicted molar refractivity (Wildman–Crippen MR) is 94.8 cm³/mol. The fourth-order valence-corrected chi connectivity index (χ4v) is 2.86. The summed E-state index contributed by atoms with van der Waals surface area (Å²) >= 11 is 8.99. The maximum absolute atomic E-state index is 14.4. The highest BCUT2D eigenvalue weighted by molar-refractivity contribution is 9.09. The average Bonchev–Trinajstić information content (AvgIpc) is 2.80. The maximum atomic E-state index is 14.4. The summed E-state index contributed by atoms with van der Waals surface area (Å²) in [6.45, 7) is 2.41. The Morgan fingerprint density at radius 3 is 2.73 bits per heavy atom. The molecule has 1 aliphatic rings. The molecule has 1 heterocycles. The Kier molecular flexibility index (Phi) is 6.41. The fourth-order valence-electron chi connectivity index (χ4n) is 2.40. The molecule has 26 heavy (non-hydrogen) atoms. The van der Waals surface area contributed by atoms with E-state index in [1.807, 2.05) is 0 Å². The van der Waals surface area contributed by atoms with Crippen molar-refractivity contribution in [2.24, 2.45) is 0 Å². The van der Waals surface area contributed by atoms with Crippen LogP contribution in [0.1, 0.15) is 32.3 Å². The number of rotatable bonds is 6. The van der Waals surface area contributed by atoms with Gasteiger partial charge in [-0.05, 0) is 19.4 Å². The van der Waals surface area contributed by atoms with Crippen molar-refractivity contribution in [1.29, 1.82) is 0 Å². The number of carbonyl (C=O) groups excluding carboxylic acids is 3. The third-order valence-electron chi connectivity index (χ3n) is 3.65. The average molecular weight is 449 g/mol. The van der Waals surface area contributed by atoms with Gasteiger partial charge in [0.2, 0.25) is 23.2 Å². The van der Waals surface area contributed by atoms with Gasteiger partial charge in [0.05, 0.1) is 5.02 Å². The summed E-state index contributed by atoms with van der Waals surface area (Å²) < 4.78 is 24.9. The summed E-state index contributed by atoms with van der Waals surface area (Å²) in [5.41, 5.74) is -1.97. The van der Waals surface area contributed by atoms with E-state index in [4.69, 9.17) is 21.1 Å². The Morgan fingerprint density at radius 1 is 1.42 bits per heavy atom. The summed E-state index contributed by atoms with van der Waals surface area (Å²) in [6.07, 6.45) is 0.706. The Balaban J connectivity index is 2.40. The van der Waals surface area contributed by atoms with Crippen LogP contribution >= 0.6 is 27.5 Å². The van der Waals surface area contributed by atoms with Gasteiger partial charge in [-0.25, -0.2) is 4.39 Å². The molecular formula is C17H16BrClFNO5. The summed E-state index contributed by atoms with van der Waals surface area (Å²) in [4.78, 5) is 36.1. The molecule has 1 N–H and O–H groups in total. The topological polar surface area (TPSA) is 81.7 Å². The first-order valence-corrected chi connectivity index (χ1v) is 9.17. The molecule has 1 aromatic carbocycles. The Hall–Kier alpha value is -1.93. The van der Waals surface area contributed by atoms with E-state index in [1.54, 1.807) is 0 Å². The number of alkyl halides is 1. The van der Waals surface area contributed by atoms with E-state index in [2.05, 4.69) is 21.2 Å². The summed E-state index contributed by atoms with van der Waals surface area (Å²) in [5.74, 6) is -3.66. The molecule has 0 aliphatic carbocycles. The SMILES string of the molecule is CC(=O)OC1=C(NC(=O)CCCBr)OC(C)(c2cccc(Cl)c2F)C1=O. The van der Waals surface area contributed by atoms with Gasteiger partial charge in [0.25, 0.3) is 5.78 Å². The van der Waals surface area contributed by atoms with Crippen LogP contribution in [-0.2, 0) is 29.5 Å². The summed E-state index contributed by atoms with van der Waals surface area (Å²) in [5, 5.41) is 2.82. The first-order valence-electron chi connectivity index (χ1n) is 7.67. The van der Waals surface area contributed by atoms with E-state index in [1.165, 1.54) is 25.1 Å². The highest BCUT2D eigenvalue weighted by Crippen LogP contribution is 2.40. The van der Waals surface area contributed by atoms with Crippen LogP contribution in [0, 0.1) is 5.82 Å². The number of nitrogens with one attached hydrogen (secondary N) is 1. The van der Waals surface area contributed by atoms with E-state index in [0.29, 0.717) is 11.8 Å². The van der Waals surface area contributed by atoms with Crippen LogP contribution in [-0.4, -0.2) is 23.0 Å². The predicted octanol–water partition coefficient (Wildman–Crippen LogP) is 3.32. The van der Waals surface area contributed by atoms with Crippen molar-refractivity contribution in [3.05, 3.63) is 46.2 Å². The molecule has 140 valence electrons. The van der Waals surface area contributed by atoms with Crippen molar-refractivity contribution in [3.8, 4) is 0 Å². The van der Waals surface area contributed by atoms with Crippen molar-refractivity contribution >= 4 is 45.2 Å². The molecule has 9 heteroatoms. The van der Waals surface area contributed by atoms with E-state index in [9.17, 15) is 18.8 Å². The van der Waals surface area contributed by atoms with Crippen LogP contribution in [0.25, 0.3) is 0 Å².